The summed E-state index contributed by atoms with van der Waals surface area (Å²) < 4.78 is 0. The van der Waals surface area contributed by atoms with Crippen molar-refractivity contribution in [2.75, 3.05) is 7.05 Å². The summed E-state index contributed by atoms with van der Waals surface area (Å²) in [6.45, 7) is 6.63. The average molecular weight is 178 g/mol. The van der Waals surface area contributed by atoms with Gasteiger partial charge >= 0.3 is 0 Å². The number of hydrogen-bond acceptors (Lipinski definition) is 2. The summed E-state index contributed by atoms with van der Waals surface area (Å²) in [5, 5.41) is 0. The van der Waals surface area contributed by atoms with Gasteiger partial charge in [-0.3, -0.25) is 4.99 Å². The van der Waals surface area contributed by atoms with E-state index >= 15 is 0 Å². The molecule has 0 bridgehead atoms. The molecule has 0 radical (unpaired) electrons. The maximum Gasteiger partial charge on any atom is 0.0512 e. The molecule has 2 nitrogen and oxygen atoms in total. The Morgan fingerprint density at radius 1 is 1.54 bits per heavy atom. The van der Waals surface area contributed by atoms with Gasteiger partial charge in [-0.2, -0.15) is 0 Å². The molecule has 0 saturated carbocycles. The minimum absolute atomic E-state index is 0.484. The monoisotopic (exact) mass is 178 g/mol. The molecule has 1 unspecified atom stereocenters. The third kappa shape index (κ3) is 2.20. The summed E-state index contributed by atoms with van der Waals surface area (Å²) in [6.07, 6.45) is 8.24. The Hall–Kier alpha value is -1.05. The highest BCUT2D eigenvalue weighted by Gasteiger charge is 2.20. The quantitative estimate of drug-likeness (QED) is 0.592. The van der Waals surface area contributed by atoms with Gasteiger partial charge in [-0.05, 0) is 38.5 Å². The molecule has 0 saturated heterocycles. The zero-order valence-electron chi connectivity index (χ0n) is 8.86. The molecule has 2 heteroatoms. The van der Waals surface area contributed by atoms with Gasteiger partial charge in [0.05, 0.1) is 6.04 Å². The largest absolute Gasteiger partial charge is 0.368 e. The third-order valence-electron chi connectivity index (χ3n) is 2.38. The highest BCUT2D eigenvalue weighted by molar-refractivity contribution is 5.73. The summed E-state index contributed by atoms with van der Waals surface area (Å²) in [6, 6.07) is 1.05. The van der Waals surface area contributed by atoms with E-state index in [1.54, 1.807) is 7.05 Å². The van der Waals surface area contributed by atoms with Crippen molar-refractivity contribution in [3.8, 4) is 0 Å². The molecule has 0 aromatic rings. The Kier molecular flexibility index (Phi) is 3.29. The van der Waals surface area contributed by atoms with Crippen molar-refractivity contribution in [2.45, 2.75) is 32.9 Å². The van der Waals surface area contributed by atoms with E-state index in [-0.39, 0.29) is 0 Å². The van der Waals surface area contributed by atoms with Crippen molar-refractivity contribution >= 4 is 6.21 Å². The molecule has 1 heterocycles. The fourth-order valence-corrected chi connectivity index (χ4v) is 1.59. The number of rotatable bonds is 2. The van der Waals surface area contributed by atoms with E-state index in [2.05, 4.69) is 49.0 Å². The molecule has 1 rings (SSSR count). The lowest BCUT2D eigenvalue weighted by atomic mass is 10.1. The number of nitrogens with zero attached hydrogens (tertiary/aromatic N) is 2. The van der Waals surface area contributed by atoms with Crippen LogP contribution in [0.4, 0.5) is 0 Å². The van der Waals surface area contributed by atoms with Gasteiger partial charge in [0, 0.05) is 25.5 Å². The van der Waals surface area contributed by atoms with E-state index in [0.29, 0.717) is 12.1 Å². The molecule has 1 aliphatic heterocycles. The summed E-state index contributed by atoms with van der Waals surface area (Å²) in [4.78, 5) is 6.29. The van der Waals surface area contributed by atoms with Crippen LogP contribution in [0.3, 0.4) is 0 Å². The van der Waals surface area contributed by atoms with E-state index in [9.17, 15) is 0 Å². The molecule has 1 aliphatic rings. The van der Waals surface area contributed by atoms with Gasteiger partial charge in [0.25, 0.3) is 0 Å². The van der Waals surface area contributed by atoms with Crippen LogP contribution in [-0.4, -0.2) is 30.2 Å². The van der Waals surface area contributed by atoms with Crippen LogP contribution in [0.1, 0.15) is 20.8 Å². The van der Waals surface area contributed by atoms with Crippen LogP contribution in [0.25, 0.3) is 0 Å². The topological polar surface area (TPSA) is 15.6 Å². The molecular weight excluding hydrogens is 160 g/mol. The van der Waals surface area contributed by atoms with Gasteiger partial charge in [-0.15, -0.1) is 0 Å². The first-order valence-electron chi connectivity index (χ1n) is 4.74. The van der Waals surface area contributed by atoms with Crippen LogP contribution < -0.4 is 0 Å². The second kappa shape index (κ2) is 4.26. The predicted octanol–water partition coefficient (Wildman–Crippen LogP) is 2.24. The van der Waals surface area contributed by atoms with Gasteiger partial charge in [-0.1, -0.05) is 0 Å². The summed E-state index contributed by atoms with van der Waals surface area (Å²) >= 11 is 0. The maximum atomic E-state index is 3.95. The van der Waals surface area contributed by atoms with E-state index in [4.69, 9.17) is 0 Å². The smallest absolute Gasteiger partial charge is 0.0512 e. The lowest BCUT2D eigenvalue weighted by molar-refractivity contribution is 0.285. The predicted molar refractivity (Wildman–Crippen MR) is 58.1 cm³/mol. The van der Waals surface area contributed by atoms with E-state index in [1.807, 2.05) is 6.21 Å². The van der Waals surface area contributed by atoms with Gasteiger partial charge in [0.2, 0.25) is 0 Å². The zero-order chi connectivity index (χ0) is 9.84. The van der Waals surface area contributed by atoms with Crippen LogP contribution >= 0.6 is 0 Å². The third-order valence-corrected chi connectivity index (χ3v) is 2.38. The molecule has 13 heavy (non-hydrogen) atoms. The van der Waals surface area contributed by atoms with Crippen molar-refractivity contribution in [3.05, 3.63) is 23.9 Å². The second-order valence-electron chi connectivity index (χ2n) is 3.61. The van der Waals surface area contributed by atoms with Crippen LogP contribution in [0.2, 0.25) is 0 Å². The van der Waals surface area contributed by atoms with Gasteiger partial charge in [0.1, 0.15) is 0 Å². The van der Waals surface area contributed by atoms with Crippen molar-refractivity contribution in [2.24, 2.45) is 4.99 Å². The first-order valence-corrected chi connectivity index (χ1v) is 4.74. The lowest BCUT2D eigenvalue weighted by Gasteiger charge is -2.27. The average Bonchev–Trinajstić information content (AvgIpc) is 2.43. The van der Waals surface area contributed by atoms with Crippen LogP contribution in [-0.2, 0) is 0 Å². The Labute approximate surface area is 80.7 Å². The summed E-state index contributed by atoms with van der Waals surface area (Å²) in [5.41, 5.74) is 1.33. The fourth-order valence-electron chi connectivity index (χ4n) is 1.59. The highest BCUT2D eigenvalue weighted by atomic mass is 15.2. The van der Waals surface area contributed by atoms with E-state index in [0.717, 1.165) is 0 Å². The maximum absolute atomic E-state index is 3.95. The molecule has 0 spiro atoms. The van der Waals surface area contributed by atoms with E-state index in [1.165, 1.54) is 5.57 Å². The van der Waals surface area contributed by atoms with Gasteiger partial charge < -0.3 is 4.90 Å². The highest BCUT2D eigenvalue weighted by Crippen LogP contribution is 2.21. The normalized spacial score (nSPS) is 25.8. The van der Waals surface area contributed by atoms with Crippen LogP contribution in [0.15, 0.2) is 28.9 Å². The number of aliphatic imine (C=N–C) groups is 1. The molecular formula is C11H18N2. The van der Waals surface area contributed by atoms with Crippen LogP contribution in [0.5, 0.6) is 0 Å². The Morgan fingerprint density at radius 3 is 2.69 bits per heavy atom. The van der Waals surface area contributed by atoms with Crippen molar-refractivity contribution in [1.82, 2.24) is 4.90 Å². The standard InChI is InChI=1S/C11H18N2/c1-9(2)13-8-6-11(10(13)3)5-7-12-4/h5-10H,1-4H3. The molecule has 0 aromatic carbocycles. The lowest BCUT2D eigenvalue weighted by Crippen LogP contribution is -2.31. The minimum atomic E-state index is 0.484. The summed E-state index contributed by atoms with van der Waals surface area (Å²) in [7, 11) is 1.79. The molecule has 0 N–H and O–H groups in total. The minimum Gasteiger partial charge on any atom is -0.368 e. The molecule has 0 aromatic heterocycles. The second-order valence-corrected chi connectivity index (χ2v) is 3.61. The Bertz CT molecular complexity index is 249. The summed E-state index contributed by atoms with van der Waals surface area (Å²) in [5.74, 6) is 0. The Balaban J connectivity index is 2.71. The fraction of sp³-hybridized carbons (Fsp3) is 0.545. The first-order chi connectivity index (χ1) is 6.16. The van der Waals surface area contributed by atoms with Crippen molar-refractivity contribution in [3.63, 3.8) is 0 Å². The number of hydrogen-bond donors (Lipinski definition) is 0. The Morgan fingerprint density at radius 2 is 2.23 bits per heavy atom. The van der Waals surface area contributed by atoms with Crippen molar-refractivity contribution < 1.29 is 0 Å². The SMILES string of the molecule is CN=CC=C1C=CN(C(C)C)C1C. The van der Waals surface area contributed by atoms with E-state index < -0.39 is 0 Å². The van der Waals surface area contributed by atoms with Gasteiger partial charge in [-0.25, -0.2) is 0 Å². The first kappa shape index (κ1) is 10.0. The zero-order valence-corrected chi connectivity index (χ0v) is 8.86. The molecule has 72 valence electrons. The number of allylic oxidation sites excluding steroid dienone is 1. The molecule has 0 aliphatic carbocycles. The van der Waals surface area contributed by atoms with Gasteiger partial charge in [0.15, 0.2) is 0 Å². The molecule has 0 fully saturated rings. The molecule has 1 atom stereocenters. The van der Waals surface area contributed by atoms with Crippen molar-refractivity contribution in [1.29, 1.82) is 0 Å². The molecule has 0 amide bonds. The van der Waals surface area contributed by atoms with Crippen LogP contribution in [0, 0.1) is 0 Å².